The number of carbonyl (C=O) groups is 1. The largest absolute Gasteiger partial charge is 0.462 e. The summed E-state index contributed by atoms with van der Waals surface area (Å²) in [6.07, 6.45) is 7.78. The van der Waals surface area contributed by atoms with Gasteiger partial charge in [0.25, 0.3) is 0 Å². The van der Waals surface area contributed by atoms with Crippen LogP contribution in [-0.4, -0.2) is 45.7 Å². The molecule has 8 nitrogen and oxygen atoms in total. The third kappa shape index (κ3) is 2.73. The molecular formula is C14H15N5O3. The number of rotatable bonds is 5. The average Bonchev–Trinajstić information content (AvgIpc) is 2.52. The molecule has 0 saturated carbocycles. The van der Waals surface area contributed by atoms with Crippen LogP contribution in [0.3, 0.4) is 0 Å². The lowest BCUT2D eigenvalue weighted by molar-refractivity contribution is -0.0473. The Hall–Kier alpha value is -2.61. The van der Waals surface area contributed by atoms with Crippen molar-refractivity contribution in [2.24, 2.45) is 0 Å². The molecule has 1 N–H and O–H groups in total. The summed E-state index contributed by atoms with van der Waals surface area (Å²) in [5.41, 5.74) is 0.588. The van der Waals surface area contributed by atoms with Gasteiger partial charge in [-0.15, -0.1) is 0 Å². The van der Waals surface area contributed by atoms with Crippen molar-refractivity contribution in [1.82, 2.24) is 19.9 Å². The summed E-state index contributed by atoms with van der Waals surface area (Å²) in [4.78, 5) is 28.2. The van der Waals surface area contributed by atoms with E-state index in [1.165, 1.54) is 12.4 Å². The number of nitrogens with one attached hydrogen (secondary N) is 1. The van der Waals surface area contributed by atoms with E-state index >= 15 is 0 Å². The molecule has 0 atom stereocenters. The fourth-order valence-corrected chi connectivity index (χ4v) is 2.06. The molecule has 3 rings (SSSR count). The predicted octanol–water partition coefficient (Wildman–Crippen LogP) is 0.781. The van der Waals surface area contributed by atoms with Crippen LogP contribution in [0.25, 0.3) is 0 Å². The SMILES string of the molecule is CCOC(=O)c1cnc(NC2(c3cnccn3)COC2)nc1. The third-order valence-electron chi connectivity index (χ3n) is 3.26. The van der Waals surface area contributed by atoms with Gasteiger partial charge in [0.05, 0.1) is 37.3 Å². The van der Waals surface area contributed by atoms with Gasteiger partial charge in [-0.25, -0.2) is 14.8 Å². The van der Waals surface area contributed by atoms with E-state index in [-0.39, 0.29) is 0 Å². The van der Waals surface area contributed by atoms with E-state index in [4.69, 9.17) is 9.47 Å². The molecule has 8 heteroatoms. The van der Waals surface area contributed by atoms with Crippen LogP contribution < -0.4 is 5.32 Å². The van der Waals surface area contributed by atoms with Crippen molar-refractivity contribution >= 4 is 11.9 Å². The van der Waals surface area contributed by atoms with Gasteiger partial charge < -0.3 is 14.8 Å². The summed E-state index contributed by atoms with van der Waals surface area (Å²) >= 11 is 0. The van der Waals surface area contributed by atoms with E-state index in [9.17, 15) is 4.79 Å². The molecule has 1 saturated heterocycles. The summed E-state index contributed by atoms with van der Waals surface area (Å²) in [5, 5.41) is 3.20. The maximum Gasteiger partial charge on any atom is 0.341 e. The van der Waals surface area contributed by atoms with Crippen LogP contribution in [0.2, 0.25) is 0 Å². The van der Waals surface area contributed by atoms with Crippen LogP contribution in [-0.2, 0) is 15.0 Å². The number of ether oxygens (including phenoxy) is 2. The molecule has 0 spiro atoms. The van der Waals surface area contributed by atoms with E-state index in [1.807, 2.05) is 0 Å². The quantitative estimate of drug-likeness (QED) is 0.809. The van der Waals surface area contributed by atoms with Gasteiger partial charge in [0.2, 0.25) is 5.95 Å². The second-order valence-electron chi connectivity index (χ2n) is 4.81. The molecule has 0 aliphatic carbocycles. The fraction of sp³-hybridized carbons (Fsp3) is 0.357. The van der Waals surface area contributed by atoms with Crippen molar-refractivity contribution in [2.45, 2.75) is 12.5 Å². The highest BCUT2D eigenvalue weighted by atomic mass is 16.5. The molecule has 1 aliphatic heterocycles. The zero-order valence-electron chi connectivity index (χ0n) is 12.0. The second kappa shape index (κ2) is 6.02. The van der Waals surface area contributed by atoms with E-state index in [2.05, 4.69) is 25.3 Å². The van der Waals surface area contributed by atoms with Crippen molar-refractivity contribution in [2.75, 3.05) is 25.1 Å². The first-order chi connectivity index (χ1) is 10.7. The Balaban J connectivity index is 1.76. The Morgan fingerprint density at radius 1 is 1.27 bits per heavy atom. The highest BCUT2D eigenvalue weighted by Gasteiger charge is 2.42. The monoisotopic (exact) mass is 301 g/mol. The normalized spacial score (nSPS) is 15.7. The zero-order valence-corrected chi connectivity index (χ0v) is 12.0. The minimum absolute atomic E-state index is 0.311. The van der Waals surface area contributed by atoms with Crippen LogP contribution in [0.5, 0.6) is 0 Å². The smallest absolute Gasteiger partial charge is 0.341 e. The van der Waals surface area contributed by atoms with Gasteiger partial charge in [0, 0.05) is 24.8 Å². The number of aromatic nitrogens is 4. The van der Waals surface area contributed by atoms with Gasteiger partial charge >= 0.3 is 5.97 Å². The Morgan fingerprint density at radius 2 is 2.05 bits per heavy atom. The molecule has 2 aromatic rings. The molecule has 1 aliphatic rings. The fourth-order valence-electron chi connectivity index (χ4n) is 2.06. The molecule has 3 heterocycles. The van der Waals surface area contributed by atoms with Crippen molar-refractivity contribution in [3.63, 3.8) is 0 Å². The first-order valence-electron chi connectivity index (χ1n) is 6.85. The van der Waals surface area contributed by atoms with Gasteiger partial charge in [-0.2, -0.15) is 0 Å². The Morgan fingerprint density at radius 3 is 2.59 bits per heavy atom. The number of nitrogens with zero attached hydrogens (tertiary/aromatic N) is 4. The molecule has 0 unspecified atom stereocenters. The van der Waals surface area contributed by atoms with Crippen LogP contribution in [0.1, 0.15) is 23.0 Å². The molecule has 2 aromatic heterocycles. The number of hydrogen-bond acceptors (Lipinski definition) is 8. The highest BCUT2D eigenvalue weighted by molar-refractivity contribution is 5.88. The zero-order chi connectivity index (χ0) is 15.4. The summed E-state index contributed by atoms with van der Waals surface area (Å²) in [6.45, 7) is 2.96. The lowest BCUT2D eigenvalue weighted by Gasteiger charge is -2.41. The average molecular weight is 301 g/mol. The van der Waals surface area contributed by atoms with Crippen molar-refractivity contribution in [3.05, 3.63) is 42.2 Å². The van der Waals surface area contributed by atoms with E-state index in [0.717, 1.165) is 5.69 Å². The van der Waals surface area contributed by atoms with Crippen LogP contribution in [0.15, 0.2) is 31.0 Å². The van der Waals surface area contributed by atoms with Gasteiger partial charge in [0.15, 0.2) is 0 Å². The van der Waals surface area contributed by atoms with Crippen molar-refractivity contribution < 1.29 is 14.3 Å². The summed E-state index contributed by atoms with van der Waals surface area (Å²) < 4.78 is 10.2. The Bertz CT molecular complexity index is 643. The van der Waals surface area contributed by atoms with Crippen molar-refractivity contribution in [3.8, 4) is 0 Å². The molecule has 0 amide bonds. The Labute approximate surface area is 126 Å². The van der Waals surface area contributed by atoms with E-state index in [0.29, 0.717) is 31.3 Å². The molecule has 22 heavy (non-hydrogen) atoms. The number of carbonyl (C=O) groups excluding carboxylic acids is 1. The van der Waals surface area contributed by atoms with Crippen molar-refractivity contribution in [1.29, 1.82) is 0 Å². The van der Waals surface area contributed by atoms with Gasteiger partial charge in [-0.05, 0) is 6.92 Å². The maximum atomic E-state index is 11.6. The number of esters is 1. The molecule has 1 fully saturated rings. The Kier molecular flexibility index (Phi) is 3.92. The van der Waals surface area contributed by atoms with Gasteiger partial charge in [-0.1, -0.05) is 0 Å². The molecular weight excluding hydrogens is 286 g/mol. The lowest BCUT2D eigenvalue weighted by atomic mass is 9.93. The van der Waals surface area contributed by atoms with Crippen LogP contribution in [0, 0.1) is 0 Å². The highest BCUT2D eigenvalue weighted by Crippen LogP contribution is 2.30. The van der Waals surface area contributed by atoms with Gasteiger partial charge in [-0.3, -0.25) is 9.97 Å². The van der Waals surface area contributed by atoms with Crippen LogP contribution in [0.4, 0.5) is 5.95 Å². The summed E-state index contributed by atoms with van der Waals surface area (Å²) in [6, 6.07) is 0. The van der Waals surface area contributed by atoms with Gasteiger partial charge in [0.1, 0.15) is 5.54 Å². The maximum absolute atomic E-state index is 11.6. The molecule has 0 aromatic carbocycles. The standard InChI is InChI=1S/C14H15N5O3/c1-2-22-12(20)10-5-17-13(18-6-10)19-14(8-21-9-14)11-7-15-3-4-16-11/h3-7H,2,8-9H2,1H3,(H,17,18,19). The minimum atomic E-state index is -0.486. The first kappa shape index (κ1) is 14.3. The third-order valence-corrected chi connectivity index (χ3v) is 3.26. The molecule has 0 bridgehead atoms. The topological polar surface area (TPSA) is 99.1 Å². The minimum Gasteiger partial charge on any atom is -0.462 e. The number of anilines is 1. The van der Waals surface area contributed by atoms with Crippen LogP contribution >= 0.6 is 0 Å². The van der Waals surface area contributed by atoms with E-state index < -0.39 is 11.5 Å². The van der Waals surface area contributed by atoms with E-state index in [1.54, 1.807) is 25.5 Å². The summed E-state index contributed by atoms with van der Waals surface area (Å²) in [7, 11) is 0. The second-order valence-corrected chi connectivity index (χ2v) is 4.81. The molecule has 0 radical (unpaired) electrons. The number of hydrogen-bond donors (Lipinski definition) is 1. The predicted molar refractivity (Wildman–Crippen MR) is 76.1 cm³/mol. The summed E-state index contributed by atoms with van der Waals surface area (Å²) in [5.74, 6) is -0.0494. The lowest BCUT2D eigenvalue weighted by Crippen LogP contribution is -2.53. The first-order valence-corrected chi connectivity index (χ1v) is 6.85. The molecule has 114 valence electrons.